The highest BCUT2D eigenvalue weighted by Crippen LogP contribution is 2.15. The molecule has 0 saturated carbocycles. The molecule has 1 saturated heterocycles. The lowest BCUT2D eigenvalue weighted by Crippen LogP contribution is -2.30. The molecule has 1 fully saturated rings. The van der Waals surface area contributed by atoms with Crippen molar-refractivity contribution in [2.75, 3.05) is 13.1 Å². The lowest BCUT2D eigenvalue weighted by molar-refractivity contribution is 0.376. The topological polar surface area (TPSA) is 24.9 Å². The predicted molar refractivity (Wildman–Crippen MR) is 53.5 cm³/mol. The standard InChI is InChI=1S/C11H16N2/c1-2-11(9-13-5-1)8-10-3-6-12-7-4-10/h3-4,6-7,11,13H,1-2,5,8-9H2/t11-/m0/s1. The van der Waals surface area contributed by atoms with Gasteiger partial charge in [-0.25, -0.2) is 0 Å². The maximum absolute atomic E-state index is 4.02. The molecule has 0 unspecified atom stereocenters. The molecule has 1 aliphatic rings. The summed E-state index contributed by atoms with van der Waals surface area (Å²) in [7, 11) is 0. The molecule has 2 heterocycles. The predicted octanol–water partition coefficient (Wildman–Crippen LogP) is 1.62. The van der Waals surface area contributed by atoms with Crippen molar-refractivity contribution in [2.45, 2.75) is 19.3 Å². The summed E-state index contributed by atoms with van der Waals surface area (Å²) in [4.78, 5) is 4.02. The van der Waals surface area contributed by atoms with Crippen LogP contribution in [0.5, 0.6) is 0 Å². The first-order valence-corrected chi connectivity index (χ1v) is 5.05. The third kappa shape index (κ3) is 2.52. The van der Waals surface area contributed by atoms with Crippen LogP contribution in [-0.4, -0.2) is 18.1 Å². The molecular weight excluding hydrogens is 160 g/mol. The molecule has 0 bridgehead atoms. The minimum absolute atomic E-state index is 0.830. The number of hydrogen-bond acceptors (Lipinski definition) is 2. The zero-order valence-electron chi connectivity index (χ0n) is 7.87. The van der Waals surface area contributed by atoms with Crippen LogP contribution in [0.15, 0.2) is 24.5 Å². The maximum Gasteiger partial charge on any atom is 0.0270 e. The van der Waals surface area contributed by atoms with Crippen LogP contribution in [0.25, 0.3) is 0 Å². The lowest BCUT2D eigenvalue weighted by Gasteiger charge is -2.22. The second-order valence-corrected chi connectivity index (χ2v) is 3.77. The van der Waals surface area contributed by atoms with Crippen molar-refractivity contribution in [2.24, 2.45) is 5.92 Å². The molecule has 1 aliphatic heterocycles. The molecule has 0 amide bonds. The normalized spacial score (nSPS) is 22.9. The number of nitrogens with one attached hydrogen (secondary N) is 1. The summed E-state index contributed by atoms with van der Waals surface area (Å²) in [6.07, 6.45) is 7.66. The number of pyridine rings is 1. The van der Waals surface area contributed by atoms with Gasteiger partial charge in [-0.1, -0.05) is 0 Å². The van der Waals surface area contributed by atoms with E-state index >= 15 is 0 Å². The van der Waals surface area contributed by atoms with Crippen LogP contribution < -0.4 is 5.32 Å². The average Bonchev–Trinajstić information content (AvgIpc) is 2.21. The van der Waals surface area contributed by atoms with Gasteiger partial charge in [0, 0.05) is 12.4 Å². The van der Waals surface area contributed by atoms with Gasteiger partial charge in [0.25, 0.3) is 0 Å². The highest BCUT2D eigenvalue weighted by molar-refractivity contribution is 5.10. The van der Waals surface area contributed by atoms with Crippen LogP contribution in [0.1, 0.15) is 18.4 Å². The summed E-state index contributed by atoms with van der Waals surface area (Å²) in [5, 5.41) is 3.44. The van der Waals surface area contributed by atoms with E-state index in [-0.39, 0.29) is 0 Å². The van der Waals surface area contributed by atoms with E-state index in [9.17, 15) is 0 Å². The molecule has 0 spiro atoms. The molecule has 0 radical (unpaired) electrons. The van der Waals surface area contributed by atoms with Crippen LogP contribution in [0.3, 0.4) is 0 Å². The van der Waals surface area contributed by atoms with E-state index in [2.05, 4.69) is 22.4 Å². The molecule has 2 nitrogen and oxygen atoms in total. The van der Waals surface area contributed by atoms with Gasteiger partial charge in [0.1, 0.15) is 0 Å². The van der Waals surface area contributed by atoms with Gasteiger partial charge in [0.05, 0.1) is 0 Å². The van der Waals surface area contributed by atoms with Gasteiger partial charge in [0.2, 0.25) is 0 Å². The van der Waals surface area contributed by atoms with E-state index in [1.807, 2.05) is 12.4 Å². The number of hydrogen-bond donors (Lipinski definition) is 1. The molecular formula is C11H16N2. The van der Waals surface area contributed by atoms with Gasteiger partial charge in [0.15, 0.2) is 0 Å². The van der Waals surface area contributed by atoms with E-state index in [4.69, 9.17) is 0 Å². The van der Waals surface area contributed by atoms with Gasteiger partial charge in [-0.15, -0.1) is 0 Å². The Kier molecular flexibility index (Phi) is 2.93. The van der Waals surface area contributed by atoms with Crippen molar-refractivity contribution in [1.29, 1.82) is 0 Å². The summed E-state index contributed by atoms with van der Waals surface area (Å²) in [5.41, 5.74) is 1.42. The highest BCUT2D eigenvalue weighted by atomic mass is 14.9. The zero-order valence-corrected chi connectivity index (χ0v) is 7.87. The average molecular weight is 176 g/mol. The van der Waals surface area contributed by atoms with Crippen molar-refractivity contribution >= 4 is 0 Å². The number of piperidine rings is 1. The van der Waals surface area contributed by atoms with Crippen molar-refractivity contribution in [3.05, 3.63) is 30.1 Å². The van der Waals surface area contributed by atoms with E-state index in [0.717, 1.165) is 5.92 Å². The Morgan fingerprint density at radius 2 is 2.23 bits per heavy atom. The number of rotatable bonds is 2. The van der Waals surface area contributed by atoms with Gasteiger partial charge >= 0.3 is 0 Å². The largest absolute Gasteiger partial charge is 0.316 e. The molecule has 0 aliphatic carbocycles. The van der Waals surface area contributed by atoms with E-state index in [1.165, 1.54) is 37.9 Å². The number of aromatic nitrogens is 1. The van der Waals surface area contributed by atoms with Crippen molar-refractivity contribution in [3.8, 4) is 0 Å². The van der Waals surface area contributed by atoms with Crippen LogP contribution in [0, 0.1) is 5.92 Å². The van der Waals surface area contributed by atoms with Crippen molar-refractivity contribution < 1.29 is 0 Å². The van der Waals surface area contributed by atoms with E-state index in [1.54, 1.807) is 0 Å². The Morgan fingerprint density at radius 1 is 1.38 bits per heavy atom. The molecule has 1 aromatic rings. The van der Waals surface area contributed by atoms with Crippen LogP contribution >= 0.6 is 0 Å². The molecule has 2 heteroatoms. The van der Waals surface area contributed by atoms with Crippen molar-refractivity contribution in [1.82, 2.24) is 10.3 Å². The Bertz CT molecular complexity index is 240. The Morgan fingerprint density at radius 3 is 2.92 bits per heavy atom. The summed E-state index contributed by atoms with van der Waals surface area (Å²) in [6, 6.07) is 4.24. The smallest absolute Gasteiger partial charge is 0.0270 e. The molecule has 13 heavy (non-hydrogen) atoms. The first-order valence-electron chi connectivity index (χ1n) is 5.05. The third-order valence-electron chi connectivity index (χ3n) is 2.67. The first-order chi connectivity index (χ1) is 6.45. The summed E-state index contributed by atoms with van der Waals surface area (Å²) in [5.74, 6) is 0.830. The van der Waals surface area contributed by atoms with Gasteiger partial charge < -0.3 is 5.32 Å². The monoisotopic (exact) mass is 176 g/mol. The fourth-order valence-electron chi connectivity index (χ4n) is 1.95. The highest BCUT2D eigenvalue weighted by Gasteiger charge is 2.12. The molecule has 1 atom stereocenters. The second-order valence-electron chi connectivity index (χ2n) is 3.77. The molecule has 1 N–H and O–H groups in total. The van der Waals surface area contributed by atoms with Gasteiger partial charge in [-0.2, -0.15) is 0 Å². The van der Waals surface area contributed by atoms with E-state index < -0.39 is 0 Å². The van der Waals surface area contributed by atoms with Crippen LogP contribution in [0.4, 0.5) is 0 Å². The zero-order chi connectivity index (χ0) is 8.93. The van der Waals surface area contributed by atoms with Crippen molar-refractivity contribution in [3.63, 3.8) is 0 Å². The quantitative estimate of drug-likeness (QED) is 0.740. The third-order valence-corrected chi connectivity index (χ3v) is 2.67. The molecule has 1 aromatic heterocycles. The Labute approximate surface area is 79.4 Å². The van der Waals surface area contributed by atoms with Gasteiger partial charge in [-0.05, 0) is 56.0 Å². The number of nitrogens with zero attached hydrogens (tertiary/aromatic N) is 1. The van der Waals surface area contributed by atoms with Crippen LogP contribution in [0.2, 0.25) is 0 Å². The lowest BCUT2D eigenvalue weighted by atomic mass is 9.93. The maximum atomic E-state index is 4.02. The Balaban J connectivity index is 1.90. The molecule has 70 valence electrons. The van der Waals surface area contributed by atoms with Crippen LogP contribution in [-0.2, 0) is 6.42 Å². The van der Waals surface area contributed by atoms with E-state index in [0.29, 0.717) is 0 Å². The Hall–Kier alpha value is -0.890. The summed E-state index contributed by atoms with van der Waals surface area (Å²) in [6.45, 7) is 2.38. The minimum atomic E-state index is 0.830. The fourth-order valence-corrected chi connectivity index (χ4v) is 1.95. The second kappa shape index (κ2) is 4.38. The molecule has 2 rings (SSSR count). The first kappa shape index (κ1) is 8.70. The summed E-state index contributed by atoms with van der Waals surface area (Å²) < 4.78 is 0. The summed E-state index contributed by atoms with van der Waals surface area (Å²) >= 11 is 0. The SMILES string of the molecule is c1cc(C[C@@H]2CCCNC2)ccn1. The fraction of sp³-hybridized carbons (Fsp3) is 0.545. The minimum Gasteiger partial charge on any atom is -0.316 e. The molecule has 0 aromatic carbocycles. The van der Waals surface area contributed by atoms with Gasteiger partial charge in [-0.3, -0.25) is 4.98 Å².